The highest BCUT2D eigenvalue weighted by atomic mass is 16.2. The van der Waals surface area contributed by atoms with Crippen molar-refractivity contribution in [3.63, 3.8) is 0 Å². The minimum atomic E-state index is -0.122. The fourth-order valence-corrected chi connectivity index (χ4v) is 2.46. The second kappa shape index (κ2) is 3.26. The maximum Gasteiger partial charge on any atom is 0.223 e. The smallest absolute Gasteiger partial charge is 0.223 e. The topological polar surface area (TPSA) is 49.4 Å². The van der Waals surface area contributed by atoms with Crippen LogP contribution in [-0.4, -0.2) is 36.3 Å². The molecule has 1 radical (unpaired) electrons. The van der Waals surface area contributed by atoms with E-state index in [1.807, 2.05) is 0 Å². The first-order valence-electron chi connectivity index (χ1n) is 4.99. The third-order valence-electron chi connectivity index (χ3n) is 3.21. The summed E-state index contributed by atoms with van der Waals surface area (Å²) in [5.41, 5.74) is 0.00266. The Morgan fingerprint density at radius 2 is 2.36 bits per heavy atom. The van der Waals surface area contributed by atoms with E-state index in [-0.39, 0.29) is 17.2 Å². The Hall–Kier alpha value is -1.06. The van der Waals surface area contributed by atoms with Gasteiger partial charge in [0.1, 0.15) is 0 Å². The summed E-state index contributed by atoms with van der Waals surface area (Å²) >= 11 is 0. The molecule has 14 heavy (non-hydrogen) atoms. The molecule has 2 aliphatic heterocycles. The van der Waals surface area contributed by atoms with E-state index in [9.17, 15) is 9.59 Å². The molecule has 1 unspecified atom stereocenters. The fourth-order valence-electron chi connectivity index (χ4n) is 2.46. The summed E-state index contributed by atoms with van der Waals surface area (Å²) in [6.07, 6.45) is 2.59. The van der Waals surface area contributed by atoms with Crippen molar-refractivity contribution in [2.75, 3.05) is 19.6 Å². The molecule has 1 N–H and O–H groups in total. The molecule has 0 bridgehead atoms. The molecule has 0 aromatic rings. The maximum atomic E-state index is 11.2. The van der Waals surface area contributed by atoms with Crippen molar-refractivity contribution in [1.82, 2.24) is 10.2 Å². The Bertz CT molecular complexity index is 277. The van der Waals surface area contributed by atoms with E-state index in [0.717, 1.165) is 25.9 Å². The van der Waals surface area contributed by atoms with Gasteiger partial charge in [-0.25, -0.2) is 0 Å². The third-order valence-corrected chi connectivity index (χ3v) is 3.21. The summed E-state index contributed by atoms with van der Waals surface area (Å²) in [4.78, 5) is 24.0. The molecule has 0 aromatic heterocycles. The van der Waals surface area contributed by atoms with Gasteiger partial charge in [0, 0.05) is 38.4 Å². The number of nitrogens with zero attached hydrogens (tertiary/aromatic N) is 1. The van der Waals surface area contributed by atoms with E-state index in [0.29, 0.717) is 13.0 Å². The van der Waals surface area contributed by atoms with Gasteiger partial charge in [-0.05, 0) is 12.8 Å². The standard InChI is InChI=1S/C10H15N2O2/c1-8(13)12-4-2-3-10(7-12)5-9(14)11-6-10/h1-7H2,(H,11,14). The van der Waals surface area contributed by atoms with Crippen LogP contribution in [0.2, 0.25) is 0 Å². The van der Waals surface area contributed by atoms with E-state index in [1.165, 1.54) is 0 Å². The fraction of sp³-hybridized carbons (Fsp3) is 0.700. The molecule has 4 heteroatoms. The van der Waals surface area contributed by atoms with Crippen LogP contribution in [0.15, 0.2) is 0 Å². The number of carbonyl (C=O) groups excluding carboxylic acids is 2. The van der Waals surface area contributed by atoms with Gasteiger partial charge in [-0.3, -0.25) is 9.59 Å². The number of likely N-dealkylation sites (tertiary alicyclic amines) is 1. The lowest BCUT2D eigenvalue weighted by molar-refractivity contribution is -0.130. The minimum Gasteiger partial charge on any atom is -0.355 e. The van der Waals surface area contributed by atoms with Crippen molar-refractivity contribution in [2.45, 2.75) is 19.3 Å². The molecule has 1 atom stereocenters. The Labute approximate surface area is 83.6 Å². The van der Waals surface area contributed by atoms with Crippen molar-refractivity contribution in [3.05, 3.63) is 6.92 Å². The van der Waals surface area contributed by atoms with Gasteiger partial charge in [0.2, 0.25) is 11.8 Å². The van der Waals surface area contributed by atoms with Crippen LogP contribution < -0.4 is 5.32 Å². The summed E-state index contributed by atoms with van der Waals surface area (Å²) in [6.45, 7) is 5.61. The van der Waals surface area contributed by atoms with E-state index >= 15 is 0 Å². The molecule has 2 amide bonds. The second-order valence-corrected chi connectivity index (χ2v) is 4.37. The first-order valence-corrected chi connectivity index (χ1v) is 4.99. The van der Waals surface area contributed by atoms with Crippen LogP contribution in [0.1, 0.15) is 19.3 Å². The molecule has 2 saturated heterocycles. The number of rotatable bonds is 0. The molecule has 4 nitrogen and oxygen atoms in total. The summed E-state index contributed by atoms with van der Waals surface area (Å²) in [7, 11) is 0. The first-order chi connectivity index (χ1) is 6.61. The zero-order valence-electron chi connectivity index (χ0n) is 8.21. The number of nitrogens with one attached hydrogen (secondary N) is 1. The third kappa shape index (κ3) is 1.61. The number of amides is 2. The van der Waals surface area contributed by atoms with E-state index < -0.39 is 0 Å². The molecule has 2 aliphatic rings. The van der Waals surface area contributed by atoms with Crippen molar-refractivity contribution in [1.29, 1.82) is 0 Å². The lowest BCUT2D eigenvalue weighted by Crippen LogP contribution is -2.46. The second-order valence-electron chi connectivity index (χ2n) is 4.37. The Morgan fingerprint density at radius 3 is 2.93 bits per heavy atom. The molecule has 77 valence electrons. The normalized spacial score (nSPS) is 32.1. The van der Waals surface area contributed by atoms with Crippen molar-refractivity contribution >= 4 is 11.8 Å². The van der Waals surface area contributed by atoms with E-state index in [1.54, 1.807) is 4.90 Å². The average molecular weight is 195 g/mol. The Kier molecular flexibility index (Phi) is 2.21. The molecule has 2 rings (SSSR count). The van der Waals surface area contributed by atoms with Crippen molar-refractivity contribution in [3.8, 4) is 0 Å². The molecule has 0 saturated carbocycles. The van der Waals surface area contributed by atoms with Gasteiger partial charge in [0.15, 0.2) is 0 Å². The van der Waals surface area contributed by atoms with E-state index in [2.05, 4.69) is 12.2 Å². The van der Waals surface area contributed by atoms with Gasteiger partial charge in [-0.2, -0.15) is 0 Å². The maximum absolute atomic E-state index is 11.2. The first kappa shape index (κ1) is 9.49. The lowest BCUT2D eigenvalue weighted by Gasteiger charge is -2.38. The van der Waals surface area contributed by atoms with Gasteiger partial charge >= 0.3 is 0 Å². The largest absolute Gasteiger partial charge is 0.355 e. The molecular weight excluding hydrogens is 180 g/mol. The summed E-state index contributed by atoms with van der Waals surface area (Å²) < 4.78 is 0. The molecule has 2 fully saturated rings. The molecule has 0 aromatic carbocycles. The quantitative estimate of drug-likeness (QED) is 0.589. The van der Waals surface area contributed by atoms with Gasteiger partial charge in [-0.1, -0.05) is 0 Å². The predicted octanol–water partition coefficient (Wildman–Crippen LogP) is -0.0508. The van der Waals surface area contributed by atoms with Crippen LogP contribution >= 0.6 is 0 Å². The minimum absolute atomic E-state index is 0.00266. The van der Waals surface area contributed by atoms with Crippen LogP contribution in [0.5, 0.6) is 0 Å². The predicted molar refractivity (Wildman–Crippen MR) is 51.2 cm³/mol. The number of hydrogen-bond donors (Lipinski definition) is 1. The summed E-state index contributed by atoms with van der Waals surface area (Å²) in [5, 5.41) is 2.84. The molecule has 1 spiro atoms. The zero-order valence-corrected chi connectivity index (χ0v) is 8.21. The number of piperidine rings is 1. The molecule has 0 aliphatic carbocycles. The van der Waals surface area contributed by atoms with Gasteiger partial charge in [0.05, 0.1) is 0 Å². The van der Waals surface area contributed by atoms with Crippen LogP contribution in [0, 0.1) is 12.3 Å². The monoisotopic (exact) mass is 195 g/mol. The van der Waals surface area contributed by atoms with Crippen LogP contribution in [-0.2, 0) is 9.59 Å². The van der Waals surface area contributed by atoms with Crippen molar-refractivity contribution < 1.29 is 9.59 Å². The van der Waals surface area contributed by atoms with Crippen LogP contribution in [0.4, 0.5) is 0 Å². The summed E-state index contributed by atoms with van der Waals surface area (Å²) in [5.74, 6) is -0.00761. The molecule has 2 heterocycles. The molecular formula is C10H15N2O2. The zero-order chi connectivity index (χ0) is 10.2. The Morgan fingerprint density at radius 1 is 1.57 bits per heavy atom. The highest BCUT2D eigenvalue weighted by Crippen LogP contribution is 2.35. The van der Waals surface area contributed by atoms with Gasteiger partial charge < -0.3 is 10.2 Å². The van der Waals surface area contributed by atoms with Gasteiger partial charge in [-0.15, -0.1) is 0 Å². The van der Waals surface area contributed by atoms with Crippen molar-refractivity contribution in [2.24, 2.45) is 5.41 Å². The lowest BCUT2D eigenvalue weighted by atomic mass is 9.79. The van der Waals surface area contributed by atoms with Gasteiger partial charge in [0.25, 0.3) is 0 Å². The highest BCUT2D eigenvalue weighted by Gasteiger charge is 2.42. The van der Waals surface area contributed by atoms with E-state index in [4.69, 9.17) is 0 Å². The highest BCUT2D eigenvalue weighted by molar-refractivity contribution is 5.81. The van der Waals surface area contributed by atoms with Crippen LogP contribution in [0.3, 0.4) is 0 Å². The summed E-state index contributed by atoms with van der Waals surface area (Å²) in [6, 6.07) is 0. The SMILES string of the molecule is [CH2]C(=O)N1CCCC2(CNC(=O)C2)C1. The van der Waals surface area contributed by atoms with Crippen LogP contribution in [0.25, 0.3) is 0 Å². The average Bonchev–Trinajstić information content (AvgIpc) is 2.47. The number of carbonyl (C=O) groups is 2. The Balaban J connectivity index is 2.06. The number of hydrogen-bond acceptors (Lipinski definition) is 2.